The zero-order valence-corrected chi connectivity index (χ0v) is 17.8. The Kier molecular flexibility index (Phi) is 6.02. The van der Waals surface area contributed by atoms with Crippen molar-refractivity contribution < 1.29 is 14.3 Å². The SMILES string of the molecule is COC(=O)N(C)c1ccc(NC(=O)c2nc(-c3ccccc3)n3c2CCCCC3)cc1. The Balaban J connectivity index is 1.60. The first kappa shape index (κ1) is 20.7. The number of anilines is 2. The number of hydrogen-bond donors (Lipinski definition) is 1. The molecule has 0 fully saturated rings. The molecular formula is C24H26N4O3. The number of ether oxygens (including phenoxy) is 1. The van der Waals surface area contributed by atoms with E-state index < -0.39 is 6.09 Å². The van der Waals surface area contributed by atoms with E-state index in [0.717, 1.165) is 49.3 Å². The fraction of sp³-hybridized carbons (Fsp3) is 0.292. The van der Waals surface area contributed by atoms with Gasteiger partial charge in [-0.2, -0.15) is 0 Å². The predicted molar refractivity (Wildman–Crippen MR) is 120 cm³/mol. The van der Waals surface area contributed by atoms with Crippen molar-refractivity contribution in [1.29, 1.82) is 0 Å². The van der Waals surface area contributed by atoms with Gasteiger partial charge in [-0.1, -0.05) is 36.8 Å². The zero-order valence-electron chi connectivity index (χ0n) is 17.8. The number of carbonyl (C=O) groups is 2. The first-order valence-corrected chi connectivity index (χ1v) is 10.5. The number of nitrogens with zero attached hydrogens (tertiary/aromatic N) is 3. The third-order valence-electron chi connectivity index (χ3n) is 5.58. The molecular weight excluding hydrogens is 392 g/mol. The highest BCUT2D eigenvalue weighted by Crippen LogP contribution is 2.28. The highest BCUT2D eigenvalue weighted by molar-refractivity contribution is 6.04. The van der Waals surface area contributed by atoms with Crippen LogP contribution < -0.4 is 10.2 Å². The molecule has 7 heteroatoms. The molecule has 160 valence electrons. The van der Waals surface area contributed by atoms with Crippen molar-refractivity contribution in [3.8, 4) is 11.4 Å². The summed E-state index contributed by atoms with van der Waals surface area (Å²) in [7, 11) is 2.97. The second-order valence-corrected chi connectivity index (χ2v) is 7.59. The molecule has 2 heterocycles. The highest BCUT2D eigenvalue weighted by Gasteiger charge is 2.24. The summed E-state index contributed by atoms with van der Waals surface area (Å²) >= 11 is 0. The lowest BCUT2D eigenvalue weighted by Gasteiger charge is -2.16. The van der Waals surface area contributed by atoms with Crippen molar-refractivity contribution in [1.82, 2.24) is 9.55 Å². The van der Waals surface area contributed by atoms with Crippen LogP contribution in [-0.2, 0) is 17.7 Å². The first-order valence-electron chi connectivity index (χ1n) is 10.5. The number of aromatic nitrogens is 2. The zero-order chi connectivity index (χ0) is 21.8. The molecule has 0 bridgehead atoms. The van der Waals surface area contributed by atoms with Gasteiger partial charge in [-0.25, -0.2) is 9.78 Å². The van der Waals surface area contributed by atoms with Crippen LogP contribution in [0.25, 0.3) is 11.4 Å². The van der Waals surface area contributed by atoms with Gasteiger partial charge in [-0.05, 0) is 43.5 Å². The topological polar surface area (TPSA) is 76.5 Å². The molecule has 0 aliphatic carbocycles. The Morgan fingerprint density at radius 3 is 2.48 bits per heavy atom. The van der Waals surface area contributed by atoms with E-state index in [2.05, 4.69) is 9.88 Å². The van der Waals surface area contributed by atoms with Crippen molar-refractivity contribution in [3.05, 3.63) is 66.0 Å². The summed E-state index contributed by atoms with van der Waals surface area (Å²) in [6, 6.07) is 17.0. The van der Waals surface area contributed by atoms with E-state index in [1.807, 2.05) is 30.3 Å². The fourth-order valence-electron chi connectivity index (χ4n) is 3.91. The molecule has 1 aromatic heterocycles. The Labute approximate surface area is 181 Å². The molecule has 1 aliphatic heterocycles. The number of nitrogens with one attached hydrogen (secondary N) is 1. The number of hydrogen-bond acceptors (Lipinski definition) is 4. The number of amides is 2. The lowest BCUT2D eigenvalue weighted by Crippen LogP contribution is -2.25. The van der Waals surface area contributed by atoms with Crippen LogP contribution in [0.5, 0.6) is 0 Å². The van der Waals surface area contributed by atoms with Crippen LogP contribution in [0.1, 0.15) is 35.4 Å². The second-order valence-electron chi connectivity index (χ2n) is 7.59. The average molecular weight is 418 g/mol. The van der Waals surface area contributed by atoms with Gasteiger partial charge >= 0.3 is 6.09 Å². The maximum atomic E-state index is 13.1. The molecule has 2 amide bonds. The maximum Gasteiger partial charge on any atom is 0.413 e. The van der Waals surface area contributed by atoms with Gasteiger partial charge in [0.2, 0.25) is 0 Å². The summed E-state index contributed by atoms with van der Waals surface area (Å²) in [5.74, 6) is 0.625. The molecule has 1 N–H and O–H groups in total. The van der Waals surface area contributed by atoms with Crippen LogP contribution in [-0.4, -0.2) is 35.7 Å². The number of imidazole rings is 1. The summed E-state index contributed by atoms with van der Waals surface area (Å²) < 4.78 is 6.93. The third kappa shape index (κ3) is 4.30. The van der Waals surface area contributed by atoms with Gasteiger partial charge in [-0.15, -0.1) is 0 Å². The van der Waals surface area contributed by atoms with E-state index in [1.54, 1.807) is 31.3 Å². The molecule has 0 saturated heterocycles. The monoisotopic (exact) mass is 418 g/mol. The number of methoxy groups -OCH3 is 1. The Morgan fingerprint density at radius 1 is 1.03 bits per heavy atom. The standard InChI is InChI=1S/C24H26N4O3/c1-27(24(30)31-2)19-14-12-18(13-15-19)25-23(29)21-20-11-7-4-8-16-28(20)22(26-21)17-9-5-3-6-10-17/h3,5-6,9-10,12-15H,4,7-8,11,16H2,1-2H3,(H,25,29). The lowest BCUT2D eigenvalue weighted by atomic mass is 10.1. The molecule has 0 spiro atoms. The largest absolute Gasteiger partial charge is 0.452 e. The summed E-state index contributed by atoms with van der Waals surface area (Å²) in [5, 5.41) is 2.95. The van der Waals surface area contributed by atoms with Gasteiger partial charge in [0.1, 0.15) is 11.5 Å². The fourth-order valence-corrected chi connectivity index (χ4v) is 3.91. The molecule has 31 heavy (non-hydrogen) atoms. The Bertz CT molecular complexity index is 1070. The highest BCUT2D eigenvalue weighted by atomic mass is 16.5. The first-order chi connectivity index (χ1) is 15.1. The minimum atomic E-state index is -0.453. The van der Waals surface area contributed by atoms with E-state index in [9.17, 15) is 9.59 Å². The molecule has 4 rings (SSSR count). The summed E-state index contributed by atoms with van der Waals surface area (Å²) in [4.78, 5) is 31.0. The van der Waals surface area contributed by atoms with Crippen molar-refractivity contribution in [2.75, 3.05) is 24.4 Å². The molecule has 0 saturated carbocycles. The van der Waals surface area contributed by atoms with Crippen LogP contribution in [0.4, 0.5) is 16.2 Å². The maximum absolute atomic E-state index is 13.1. The number of rotatable bonds is 4. The molecule has 2 aromatic carbocycles. The van der Waals surface area contributed by atoms with Crippen LogP contribution >= 0.6 is 0 Å². The van der Waals surface area contributed by atoms with Crippen LogP contribution in [0.3, 0.4) is 0 Å². The normalized spacial score (nSPS) is 13.1. The predicted octanol–water partition coefficient (Wildman–Crippen LogP) is 4.73. The average Bonchev–Trinajstić information content (AvgIpc) is 3.00. The van der Waals surface area contributed by atoms with Gasteiger partial charge in [-0.3, -0.25) is 9.69 Å². The van der Waals surface area contributed by atoms with E-state index in [4.69, 9.17) is 9.72 Å². The van der Waals surface area contributed by atoms with Crippen molar-refractivity contribution >= 4 is 23.4 Å². The lowest BCUT2D eigenvalue weighted by molar-refractivity contribution is 0.102. The van der Waals surface area contributed by atoms with Gasteiger partial charge in [0.25, 0.3) is 5.91 Å². The van der Waals surface area contributed by atoms with Gasteiger partial charge < -0.3 is 14.6 Å². The molecule has 0 radical (unpaired) electrons. The van der Waals surface area contributed by atoms with Gasteiger partial charge in [0, 0.05) is 30.5 Å². The second kappa shape index (κ2) is 9.04. The number of fused-ring (bicyclic) bond motifs is 1. The quantitative estimate of drug-likeness (QED) is 0.664. The Hall–Kier alpha value is -3.61. The van der Waals surface area contributed by atoms with E-state index in [1.165, 1.54) is 12.0 Å². The van der Waals surface area contributed by atoms with Crippen LogP contribution in [0.15, 0.2) is 54.6 Å². The third-order valence-corrected chi connectivity index (χ3v) is 5.58. The van der Waals surface area contributed by atoms with Crippen molar-refractivity contribution in [2.45, 2.75) is 32.2 Å². The summed E-state index contributed by atoms with van der Waals surface area (Å²) in [5.41, 5.74) is 3.81. The Morgan fingerprint density at radius 2 is 1.77 bits per heavy atom. The molecule has 0 unspecified atom stereocenters. The summed E-state index contributed by atoms with van der Waals surface area (Å²) in [6.45, 7) is 0.869. The molecule has 0 atom stereocenters. The van der Waals surface area contributed by atoms with Crippen molar-refractivity contribution in [2.24, 2.45) is 0 Å². The minimum absolute atomic E-state index is 0.220. The molecule has 3 aromatic rings. The van der Waals surface area contributed by atoms with Crippen LogP contribution in [0.2, 0.25) is 0 Å². The smallest absolute Gasteiger partial charge is 0.413 e. The molecule has 7 nitrogen and oxygen atoms in total. The minimum Gasteiger partial charge on any atom is -0.452 e. The molecule has 1 aliphatic rings. The van der Waals surface area contributed by atoms with E-state index in [0.29, 0.717) is 17.1 Å². The van der Waals surface area contributed by atoms with E-state index in [-0.39, 0.29) is 5.91 Å². The van der Waals surface area contributed by atoms with Gasteiger partial charge in [0.05, 0.1) is 12.8 Å². The number of benzene rings is 2. The van der Waals surface area contributed by atoms with Crippen molar-refractivity contribution in [3.63, 3.8) is 0 Å². The van der Waals surface area contributed by atoms with Gasteiger partial charge in [0.15, 0.2) is 0 Å². The van der Waals surface area contributed by atoms with Crippen LogP contribution in [0, 0.1) is 0 Å². The number of carbonyl (C=O) groups excluding carboxylic acids is 2. The van der Waals surface area contributed by atoms with E-state index >= 15 is 0 Å². The summed E-state index contributed by atoms with van der Waals surface area (Å²) in [6.07, 6.45) is 3.66.